The summed E-state index contributed by atoms with van der Waals surface area (Å²) in [6.45, 7) is 0. The standard InChI is InChI=1S/C7H5N3/c1-2-8-7-3-6(1)4-9-10-5-7/h1-5H. The maximum atomic E-state index is 4.04. The van der Waals surface area contributed by atoms with Gasteiger partial charge in [0.25, 0.3) is 0 Å². The fourth-order valence-electron chi connectivity index (χ4n) is 0.809. The van der Waals surface area contributed by atoms with Crippen LogP contribution in [0.15, 0.2) is 28.5 Å². The van der Waals surface area contributed by atoms with Crippen LogP contribution in [0.5, 0.6) is 0 Å². The molecule has 0 aliphatic carbocycles. The van der Waals surface area contributed by atoms with Crippen LogP contribution in [-0.2, 0) is 0 Å². The molecule has 0 spiro atoms. The van der Waals surface area contributed by atoms with Crippen molar-refractivity contribution in [1.82, 2.24) is 4.98 Å². The third-order valence-corrected chi connectivity index (χ3v) is 1.27. The van der Waals surface area contributed by atoms with Crippen molar-refractivity contribution in [3.05, 3.63) is 29.6 Å². The second kappa shape index (κ2) is 2.02. The number of pyridine rings is 1. The highest BCUT2D eigenvalue weighted by atomic mass is 15.2. The SMILES string of the molecule is C1=NN=Cc2cc1ccn2. The van der Waals surface area contributed by atoms with Gasteiger partial charge in [-0.05, 0) is 17.7 Å². The molecule has 0 atom stereocenters. The molecule has 0 radical (unpaired) electrons. The summed E-state index contributed by atoms with van der Waals surface area (Å²) in [4.78, 5) is 4.04. The molecule has 1 aliphatic heterocycles. The molecule has 2 bridgehead atoms. The Kier molecular flexibility index (Phi) is 1.07. The topological polar surface area (TPSA) is 37.6 Å². The normalized spacial score (nSPS) is 13.2. The molecule has 0 saturated heterocycles. The summed E-state index contributed by atoms with van der Waals surface area (Å²) >= 11 is 0. The first kappa shape index (κ1) is 5.29. The maximum absolute atomic E-state index is 4.04. The number of rotatable bonds is 0. The van der Waals surface area contributed by atoms with Gasteiger partial charge in [-0.1, -0.05) is 0 Å². The summed E-state index contributed by atoms with van der Waals surface area (Å²) in [6.07, 6.45) is 5.08. The first-order chi connectivity index (χ1) is 4.95. The van der Waals surface area contributed by atoms with E-state index in [0.717, 1.165) is 11.3 Å². The van der Waals surface area contributed by atoms with Gasteiger partial charge in [0.1, 0.15) is 0 Å². The van der Waals surface area contributed by atoms with Crippen molar-refractivity contribution in [3.8, 4) is 0 Å². The van der Waals surface area contributed by atoms with E-state index in [1.54, 1.807) is 18.6 Å². The van der Waals surface area contributed by atoms with E-state index in [0.29, 0.717) is 0 Å². The van der Waals surface area contributed by atoms with E-state index in [4.69, 9.17) is 0 Å². The summed E-state index contributed by atoms with van der Waals surface area (Å²) < 4.78 is 0. The predicted molar refractivity (Wildman–Crippen MR) is 39.4 cm³/mol. The van der Waals surface area contributed by atoms with Crippen LogP contribution in [0.1, 0.15) is 11.3 Å². The van der Waals surface area contributed by atoms with Gasteiger partial charge in [-0.3, -0.25) is 4.98 Å². The van der Waals surface area contributed by atoms with Crippen LogP contribution in [0.3, 0.4) is 0 Å². The summed E-state index contributed by atoms with van der Waals surface area (Å²) in [5, 5.41) is 7.49. The first-order valence-electron chi connectivity index (χ1n) is 2.97. The van der Waals surface area contributed by atoms with E-state index in [1.165, 1.54) is 0 Å². The number of nitrogens with zero attached hydrogens (tertiary/aromatic N) is 3. The first-order valence-corrected chi connectivity index (χ1v) is 2.97. The molecule has 1 aliphatic rings. The molecular weight excluding hydrogens is 126 g/mol. The average molecular weight is 131 g/mol. The lowest BCUT2D eigenvalue weighted by Crippen LogP contribution is -1.86. The summed E-state index contributed by atoms with van der Waals surface area (Å²) in [5.41, 5.74) is 1.90. The molecule has 48 valence electrons. The van der Waals surface area contributed by atoms with E-state index in [-0.39, 0.29) is 0 Å². The molecule has 3 heteroatoms. The second-order valence-corrected chi connectivity index (χ2v) is 2.00. The van der Waals surface area contributed by atoms with E-state index in [1.807, 2.05) is 12.1 Å². The van der Waals surface area contributed by atoms with Crippen molar-refractivity contribution in [3.63, 3.8) is 0 Å². The highest BCUT2D eigenvalue weighted by molar-refractivity contribution is 5.86. The molecule has 3 nitrogen and oxygen atoms in total. The minimum Gasteiger partial charge on any atom is -0.255 e. The molecule has 0 saturated carbocycles. The van der Waals surface area contributed by atoms with Crippen molar-refractivity contribution in [2.75, 3.05) is 0 Å². The van der Waals surface area contributed by atoms with E-state index in [9.17, 15) is 0 Å². The third-order valence-electron chi connectivity index (χ3n) is 1.27. The fourth-order valence-corrected chi connectivity index (χ4v) is 0.809. The van der Waals surface area contributed by atoms with Crippen molar-refractivity contribution >= 4 is 12.4 Å². The van der Waals surface area contributed by atoms with Crippen LogP contribution >= 0.6 is 0 Å². The second-order valence-electron chi connectivity index (χ2n) is 2.00. The molecule has 1 aromatic rings. The Morgan fingerprint density at radius 2 is 2.00 bits per heavy atom. The highest BCUT2D eigenvalue weighted by Crippen LogP contribution is 1.99. The number of hydrogen-bond acceptors (Lipinski definition) is 3. The Balaban J connectivity index is 2.65. The number of aromatic nitrogens is 1. The molecule has 0 unspecified atom stereocenters. The maximum Gasteiger partial charge on any atom is 0.0837 e. The van der Waals surface area contributed by atoms with Gasteiger partial charge in [0.2, 0.25) is 0 Å². The highest BCUT2D eigenvalue weighted by Gasteiger charge is 1.93. The van der Waals surface area contributed by atoms with Crippen molar-refractivity contribution < 1.29 is 0 Å². The van der Waals surface area contributed by atoms with Gasteiger partial charge >= 0.3 is 0 Å². The van der Waals surface area contributed by atoms with Crippen molar-refractivity contribution in [1.29, 1.82) is 0 Å². The zero-order chi connectivity index (χ0) is 6.81. The molecule has 2 heterocycles. The number of fused-ring (bicyclic) bond motifs is 2. The zero-order valence-corrected chi connectivity index (χ0v) is 5.23. The average Bonchev–Trinajstić information content (AvgIpc) is 2.12. The van der Waals surface area contributed by atoms with E-state index in [2.05, 4.69) is 15.2 Å². The smallest absolute Gasteiger partial charge is 0.0837 e. The Hall–Kier alpha value is -1.51. The lowest BCUT2D eigenvalue weighted by Gasteiger charge is -1.88. The quantitative estimate of drug-likeness (QED) is 0.514. The fraction of sp³-hybridized carbons (Fsp3) is 0. The molecular formula is C7H5N3. The molecule has 0 fully saturated rings. The van der Waals surface area contributed by atoms with Gasteiger partial charge in [0, 0.05) is 6.20 Å². The molecule has 1 aromatic heterocycles. The van der Waals surface area contributed by atoms with E-state index < -0.39 is 0 Å². The van der Waals surface area contributed by atoms with Crippen LogP contribution < -0.4 is 0 Å². The summed E-state index contributed by atoms with van der Waals surface area (Å²) in [7, 11) is 0. The molecule has 2 rings (SSSR count). The number of hydrogen-bond donors (Lipinski definition) is 0. The third kappa shape index (κ3) is 0.815. The largest absolute Gasteiger partial charge is 0.255 e. The van der Waals surface area contributed by atoms with E-state index >= 15 is 0 Å². The van der Waals surface area contributed by atoms with Gasteiger partial charge in [0.05, 0.1) is 18.1 Å². The van der Waals surface area contributed by atoms with Gasteiger partial charge in [-0.25, -0.2) is 0 Å². The minimum atomic E-state index is 0.856. The zero-order valence-electron chi connectivity index (χ0n) is 5.23. The van der Waals surface area contributed by atoms with Gasteiger partial charge in [0.15, 0.2) is 0 Å². The van der Waals surface area contributed by atoms with Gasteiger partial charge in [-0.2, -0.15) is 10.2 Å². The Bertz CT molecular complexity index is 274. The Morgan fingerprint density at radius 1 is 1.10 bits per heavy atom. The van der Waals surface area contributed by atoms with Crippen LogP contribution in [-0.4, -0.2) is 17.4 Å². The molecule has 0 amide bonds. The van der Waals surface area contributed by atoms with Gasteiger partial charge < -0.3 is 0 Å². The lowest BCUT2D eigenvalue weighted by molar-refractivity contribution is 1.26. The summed E-state index contributed by atoms with van der Waals surface area (Å²) in [5.74, 6) is 0. The summed E-state index contributed by atoms with van der Waals surface area (Å²) in [6, 6.07) is 3.82. The minimum absolute atomic E-state index is 0.856. The van der Waals surface area contributed by atoms with Crippen LogP contribution in [0, 0.1) is 0 Å². The molecule has 10 heavy (non-hydrogen) atoms. The van der Waals surface area contributed by atoms with Crippen LogP contribution in [0.25, 0.3) is 0 Å². The van der Waals surface area contributed by atoms with Crippen molar-refractivity contribution in [2.45, 2.75) is 0 Å². The monoisotopic (exact) mass is 131 g/mol. The molecule has 0 aromatic carbocycles. The van der Waals surface area contributed by atoms with Crippen molar-refractivity contribution in [2.24, 2.45) is 10.2 Å². The van der Waals surface area contributed by atoms with Crippen LogP contribution in [0.2, 0.25) is 0 Å². The molecule has 0 N–H and O–H groups in total. The lowest BCUT2D eigenvalue weighted by atomic mass is 10.2. The Labute approximate surface area is 58.1 Å². The predicted octanol–water partition coefficient (Wildman–Crippen LogP) is 0.848. The Morgan fingerprint density at radius 3 is 3.00 bits per heavy atom. The van der Waals surface area contributed by atoms with Gasteiger partial charge in [-0.15, -0.1) is 0 Å². The van der Waals surface area contributed by atoms with Crippen LogP contribution in [0.4, 0.5) is 0 Å².